The fraction of sp³-hybridized carbons (Fsp3) is 0.0714. The Morgan fingerprint density at radius 3 is 2.90 bits per heavy atom. The van der Waals surface area contributed by atoms with Crippen LogP contribution in [0, 0.1) is 17.0 Å². The molecule has 2 heterocycles. The van der Waals surface area contributed by atoms with Gasteiger partial charge in [-0.2, -0.15) is 0 Å². The summed E-state index contributed by atoms with van der Waals surface area (Å²) in [4.78, 5) is 17.5. The van der Waals surface area contributed by atoms with Crippen molar-refractivity contribution in [3.8, 4) is 0 Å². The summed E-state index contributed by atoms with van der Waals surface area (Å²) in [6, 6.07) is 9.53. The summed E-state index contributed by atoms with van der Waals surface area (Å²) in [5, 5.41) is 15.0. The molecule has 0 saturated heterocycles. The largest absolute Gasteiger partial charge is 0.361 e. The molecule has 3 aromatic rings. The Balaban J connectivity index is 1.90. The van der Waals surface area contributed by atoms with Gasteiger partial charge >= 0.3 is 0 Å². The third-order valence-corrected chi connectivity index (χ3v) is 3.11. The molecule has 0 atom stereocenters. The van der Waals surface area contributed by atoms with Crippen molar-refractivity contribution in [2.45, 2.75) is 6.92 Å². The van der Waals surface area contributed by atoms with Crippen molar-refractivity contribution in [3.63, 3.8) is 0 Å². The van der Waals surface area contributed by atoms with Gasteiger partial charge in [0.05, 0.1) is 4.92 Å². The third-order valence-electron chi connectivity index (χ3n) is 3.11. The molecule has 6 heteroatoms. The van der Waals surface area contributed by atoms with E-state index in [-0.39, 0.29) is 5.69 Å². The number of rotatable bonds is 3. The number of aromatic amines is 1. The zero-order valence-electron chi connectivity index (χ0n) is 10.8. The summed E-state index contributed by atoms with van der Waals surface area (Å²) in [6.07, 6.45) is 3.15. The Kier molecular flexibility index (Phi) is 2.83. The van der Waals surface area contributed by atoms with Gasteiger partial charge in [-0.05, 0) is 37.3 Å². The second-order valence-electron chi connectivity index (χ2n) is 4.52. The number of hydrogen-bond donors (Lipinski definition) is 2. The highest BCUT2D eigenvalue weighted by Gasteiger charge is 2.11. The number of aryl methyl sites for hydroxylation is 1. The lowest BCUT2D eigenvalue weighted by Gasteiger charge is -2.06. The van der Waals surface area contributed by atoms with Crippen molar-refractivity contribution >= 4 is 28.1 Å². The highest BCUT2D eigenvalue weighted by Crippen LogP contribution is 2.23. The molecular formula is C14H12N4O2. The fourth-order valence-electron chi connectivity index (χ4n) is 2.09. The van der Waals surface area contributed by atoms with E-state index in [1.165, 1.54) is 6.20 Å². The number of benzene rings is 1. The van der Waals surface area contributed by atoms with Gasteiger partial charge in [0, 0.05) is 28.4 Å². The number of anilines is 2. The van der Waals surface area contributed by atoms with Crippen molar-refractivity contribution in [2.75, 3.05) is 5.32 Å². The molecule has 20 heavy (non-hydrogen) atoms. The molecule has 0 unspecified atom stereocenters. The molecule has 0 amide bonds. The van der Waals surface area contributed by atoms with E-state index in [0.717, 1.165) is 16.6 Å². The number of fused-ring (bicyclic) bond motifs is 1. The van der Waals surface area contributed by atoms with E-state index in [1.807, 2.05) is 30.5 Å². The average Bonchev–Trinajstić information content (AvgIpc) is 2.85. The Hall–Kier alpha value is -2.89. The van der Waals surface area contributed by atoms with Gasteiger partial charge in [0.1, 0.15) is 12.0 Å². The highest BCUT2D eigenvalue weighted by molar-refractivity contribution is 5.83. The predicted molar refractivity (Wildman–Crippen MR) is 77.2 cm³/mol. The number of aromatic nitrogens is 2. The molecule has 100 valence electrons. The van der Waals surface area contributed by atoms with Gasteiger partial charge in [-0.25, -0.2) is 4.98 Å². The smallest absolute Gasteiger partial charge is 0.290 e. The molecule has 0 spiro atoms. The molecule has 0 aliphatic rings. The third kappa shape index (κ3) is 2.18. The van der Waals surface area contributed by atoms with Crippen LogP contribution in [-0.2, 0) is 0 Å². The molecule has 2 aromatic heterocycles. The lowest BCUT2D eigenvalue weighted by molar-refractivity contribution is -0.385. The Morgan fingerprint density at radius 1 is 1.30 bits per heavy atom. The minimum atomic E-state index is -0.433. The van der Waals surface area contributed by atoms with E-state index in [2.05, 4.69) is 15.3 Å². The minimum Gasteiger partial charge on any atom is -0.361 e. The van der Waals surface area contributed by atoms with Gasteiger partial charge in [-0.15, -0.1) is 0 Å². The highest BCUT2D eigenvalue weighted by atomic mass is 16.6. The van der Waals surface area contributed by atoms with Crippen molar-refractivity contribution in [3.05, 3.63) is 58.4 Å². The van der Waals surface area contributed by atoms with Crippen LogP contribution >= 0.6 is 0 Å². The van der Waals surface area contributed by atoms with Crippen molar-refractivity contribution in [1.82, 2.24) is 9.97 Å². The van der Waals surface area contributed by atoms with Gasteiger partial charge in [0.2, 0.25) is 0 Å². The number of hydrogen-bond acceptors (Lipinski definition) is 4. The standard InChI is InChI=1S/C14H12N4O2/c1-9-6-14(16-8-13(9)18(19)20)17-11-2-3-12-10(7-11)4-5-15-12/h2-8,15H,1H3,(H,16,17). The molecule has 0 radical (unpaired) electrons. The van der Waals surface area contributed by atoms with Crippen LogP contribution in [0.3, 0.4) is 0 Å². The van der Waals surface area contributed by atoms with E-state index in [0.29, 0.717) is 11.4 Å². The number of nitrogens with one attached hydrogen (secondary N) is 2. The van der Waals surface area contributed by atoms with Gasteiger partial charge in [-0.3, -0.25) is 10.1 Å². The SMILES string of the molecule is Cc1cc(Nc2ccc3[nH]ccc3c2)ncc1[N+](=O)[O-]. The van der Waals surface area contributed by atoms with E-state index in [1.54, 1.807) is 13.0 Å². The zero-order chi connectivity index (χ0) is 14.1. The maximum atomic E-state index is 10.7. The zero-order valence-corrected chi connectivity index (χ0v) is 10.8. The summed E-state index contributed by atoms with van der Waals surface area (Å²) >= 11 is 0. The molecule has 3 rings (SSSR count). The van der Waals surface area contributed by atoms with E-state index < -0.39 is 4.92 Å². The van der Waals surface area contributed by atoms with Gasteiger partial charge in [0.15, 0.2) is 0 Å². The first kappa shape index (κ1) is 12.2. The number of nitro groups is 1. The molecule has 0 saturated carbocycles. The van der Waals surface area contributed by atoms with E-state index in [4.69, 9.17) is 0 Å². The monoisotopic (exact) mass is 268 g/mol. The summed E-state index contributed by atoms with van der Waals surface area (Å²) in [7, 11) is 0. The predicted octanol–water partition coefficient (Wildman–Crippen LogP) is 3.52. The average molecular weight is 268 g/mol. The van der Waals surface area contributed by atoms with Crippen LogP contribution in [-0.4, -0.2) is 14.9 Å². The van der Waals surface area contributed by atoms with Crippen molar-refractivity contribution in [1.29, 1.82) is 0 Å². The van der Waals surface area contributed by atoms with E-state index >= 15 is 0 Å². The second kappa shape index (κ2) is 4.65. The first-order chi connectivity index (χ1) is 9.63. The summed E-state index contributed by atoms with van der Waals surface area (Å²) in [5.74, 6) is 0.586. The van der Waals surface area contributed by atoms with Crippen LogP contribution in [0.25, 0.3) is 10.9 Å². The van der Waals surface area contributed by atoms with Gasteiger partial charge < -0.3 is 10.3 Å². The molecule has 0 bridgehead atoms. The van der Waals surface area contributed by atoms with Gasteiger partial charge in [-0.1, -0.05) is 0 Å². The maximum Gasteiger partial charge on any atom is 0.290 e. The number of H-pyrrole nitrogens is 1. The molecule has 0 aliphatic heterocycles. The fourth-order valence-corrected chi connectivity index (χ4v) is 2.09. The maximum absolute atomic E-state index is 10.7. The first-order valence-electron chi connectivity index (χ1n) is 6.09. The normalized spacial score (nSPS) is 10.7. The lowest BCUT2D eigenvalue weighted by Crippen LogP contribution is -1.97. The molecule has 6 nitrogen and oxygen atoms in total. The van der Waals surface area contributed by atoms with Crippen LogP contribution in [0.15, 0.2) is 42.7 Å². The van der Waals surface area contributed by atoms with Crippen molar-refractivity contribution in [2.24, 2.45) is 0 Å². The molecular weight excluding hydrogens is 256 g/mol. The Bertz CT molecular complexity index is 795. The van der Waals surface area contributed by atoms with Crippen LogP contribution in [0.2, 0.25) is 0 Å². The topological polar surface area (TPSA) is 83.8 Å². The van der Waals surface area contributed by atoms with Crippen LogP contribution in [0.1, 0.15) is 5.56 Å². The lowest BCUT2D eigenvalue weighted by atomic mass is 10.2. The van der Waals surface area contributed by atoms with E-state index in [9.17, 15) is 10.1 Å². The Morgan fingerprint density at radius 2 is 2.15 bits per heavy atom. The molecule has 0 fully saturated rings. The number of nitrogens with zero attached hydrogens (tertiary/aromatic N) is 2. The van der Waals surface area contributed by atoms with Crippen LogP contribution < -0.4 is 5.32 Å². The molecule has 0 aliphatic carbocycles. The second-order valence-corrected chi connectivity index (χ2v) is 4.52. The summed E-state index contributed by atoms with van der Waals surface area (Å²) in [6.45, 7) is 1.69. The molecule has 1 aromatic carbocycles. The first-order valence-corrected chi connectivity index (χ1v) is 6.09. The summed E-state index contributed by atoms with van der Waals surface area (Å²) < 4.78 is 0. The summed E-state index contributed by atoms with van der Waals surface area (Å²) in [5.41, 5.74) is 2.55. The van der Waals surface area contributed by atoms with Crippen molar-refractivity contribution < 1.29 is 4.92 Å². The van der Waals surface area contributed by atoms with Gasteiger partial charge in [0.25, 0.3) is 5.69 Å². The Labute approximate surface area is 114 Å². The van der Waals surface area contributed by atoms with Crippen LogP contribution in [0.4, 0.5) is 17.2 Å². The minimum absolute atomic E-state index is 0.0247. The molecule has 2 N–H and O–H groups in total. The van der Waals surface area contributed by atoms with Crippen LogP contribution in [0.5, 0.6) is 0 Å². The number of pyridine rings is 1. The quantitative estimate of drug-likeness (QED) is 0.562.